The third kappa shape index (κ3) is 31.3. The smallest absolute Gasteiger partial charge is 0.462 e. The molecule has 0 fully saturated rings. The van der Waals surface area contributed by atoms with Crippen molar-refractivity contribution in [1.82, 2.24) is 4.90 Å². The molecule has 0 aromatic rings. The molecule has 0 saturated heterocycles. The number of phosphoric acid groups is 1. The number of carbonyl (C=O) groups excluding carboxylic acids is 2. The number of unbranched alkanes of at least 4 members (excludes halogenated alkanes) is 17. The molecule has 12 heteroatoms. The van der Waals surface area contributed by atoms with E-state index in [1.54, 1.807) is 0 Å². The maximum Gasteiger partial charge on any atom is 0.472 e. The van der Waals surface area contributed by atoms with Crippen LogP contribution in [-0.4, -0.2) is 79.7 Å². The van der Waals surface area contributed by atoms with Crippen LogP contribution in [0.1, 0.15) is 149 Å². The summed E-state index contributed by atoms with van der Waals surface area (Å²) in [4.78, 5) is 40.8. The van der Waals surface area contributed by atoms with E-state index in [-0.39, 0.29) is 26.1 Å². The van der Waals surface area contributed by atoms with E-state index in [0.717, 1.165) is 57.9 Å². The maximum atomic E-state index is 12.5. The van der Waals surface area contributed by atoms with Crippen LogP contribution in [-0.2, 0) is 37.6 Å². The van der Waals surface area contributed by atoms with Gasteiger partial charge in [0.05, 0.1) is 19.8 Å². The Hall–Kier alpha value is -1.07. The second-order valence-corrected chi connectivity index (χ2v) is 13.4. The number of hydrogen-bond donors (Lipinski definition) is 2. The van der Waals surface area contributed by atoms with E-state index < -0.39 is 32.5 Å². The van der Waals surface area contributed by atoms with Crippen LogP contribution in [0, 0.1) is 0 Å². The van der Waals surface area contributed by atoms with Gasteiger partial charge < -0.3 is 19.3 Å². The summed E-state index contributed by atoms with van der Waals surface area (Å²) in [6.07, 6.45) is 20.4. The van der Waals surface area contributed by atoms with Gasteiger partial charge in [0, 0.05) is 19.4 Å². The third-order valence-corrected chi connectivity index (χ3v) is 8.75. The number of nitrogens with zero attached hydrogens (tertiary/aromatic N) is 1. The fourth-order valence-corrected chi connectivity index (χ4v) is 5.48. The minimum absolute atomic E-state index is 0.00368. The Kier molecular flexibility index (Phi) is 30.8. The highest BCUT2D eigenvalue weighted by molar-refractivity contribution is 7.47. The van der Waals surface area contributed by atoms with Gasteiger partial charge in [-0.25, -0.2) is 9.45 Å². The average molecular weight is 668 g/mol. The highest BCUT2D eigenvalue weighted by Crippen LogP contribution is 2.43. The van der Waals surface area contributed by atoms with Crippen LogP contribution in [0.15, 0.2) is 0 Å². The quantitative estimate of drug-likeness (QED) is 0.0225. The summed E-state index contributed by atoms with van der Waals surface area (Å²) >= 11 is 0. The Balaban J connectivity index is 4.38. The van der Waals surface area contributed by atoms with Gasteiger partial charge in [0.15, 0.2) is 6.10 Å². The van der Waals surface area contributed by atoms with E-state index >= 15 is 0 Å². The van der Waals surface area contributed by atoms with Crippen LogP contribution in [0.5, 0.6) is 0 Å². The number of esters is 2. The molecular formula is C33H66NO10P. The number of phosphoric ester groups is 1. The lowest BCUT2D eigenvalue weighted by Gasteiger charge is -2.20. The highest BCUT2D eigenvalue weighted by atomic mass is 31.2. The number of likely N-dealkylation sites (N-methyl/N-ethyl adjacent to an activating group) is 1. The van der Waals surface area contributed by atoms with Crippen molar-refractivity contribution >= 4 is 19.8 Å². The van der Waals surface area contributed by atoms with Crippen molar-refractivity contribution in [2.45, 2.75) is 155 Å². The van der Waals surface area contributed by atoms with Crippen molar-refractivity contribution in [3.63, 3.8) is 0 Å². The lowest BCUT2D eigenvalue weighted by atomic mass is 10.0. The number of carbonyl (C=O) groups is 2. The third-order valence-electron chi connectivity index (χ3n) is 7.77. The molecule has 0 aliphatic heterocycles. The number of ether oxygens (including phenoxy) is 2. The minimum atomic E-state index is -4.37. The molecule has 0 bridgehead atoms. The van der Waals surface area contributed by atoms with Gasteiger partial charge in [-0.15, -0.1) is 0 Å². The lowest BCUT2D eigenvalue weighted by molar-refractivity contribution is -0.242. The molecule has 2 unspecified atom stereocenters. The molecule has 0 aromatic carbocycles. The zero-order valence-electron chi connectivity index (χ0n) is 28.7. The minimum Gasteiger partial charge on any atom is -0.462 e. The molecule has 2 atom stereocenters. The van der Waals surface area contributed by atoms with Crippen LogP contribution in [0.25, 0.3) is 0 Å². The first-order valence-corrected chi connectivity index (χ1v) is 19.2. The van der Waals surface area contributed by atoms with Crippen LogP contribution in [0.2, 0.25) is 0 Å². The van der Waals surface area contributed by atoms with Gasteiger partial charge in [0.1, 0.15) is 6.61 Å². The van der Waals surface area contributed by atoms with Crippen molar-refractivity contribution in [1.29, 1.82) is 0 Å². The van der Waals surface area contributed by atoms with E-state index in [1.165, 1.54) is 64.2 Å². The van der Waals surface area contributed by atoms with E-state index in [4.69, 9.17) is 23.8 Å². The highest BCUT2D eigenvalue weighted by Gasteiger charge is 2.26. The van der Waals surface area contributed by atoms with Gasteiger partial charge in [-0.2, -0.15) is 0 Å². The monoisotopic (exact) mass is 667 g/mol. The first-order chi connectivity index (χ1) is 21.7. The van der Waals surface area contributed by atoms with Gasteiger partial charge in [0.25, 0.3) is 0 Å². The Morgan fingerprint density at radius 2 is 1.16 bits per heavy atom. The number of hydrogen-bond acceptors (Lipinski definition) is 10. The predicted octanol–water partition coefficient (Wildman–Crippen LogP) is 8.23. The Morgan fingerprint density at radius 1 is 0.667 bits per heavy atom. The predicted molar refractivity (Wildman–Crippen MR) is 177 cm³/mol. The Morgan fingerprint density at radius 3 is 1.67 bits per heavy atom. The zero-order chi connectivity index (χ0) is 33.4. The van der Waals surface area contributed by atoms with E-state index in [2.05, 4.69) is 11.8 Å². The summed E-state index contributed by atoms with van der Waals surface area (Å²) in [5.41, 5.74) is 0. The fourth-order valence-electron chi connectivity index (χ4n) is 4.73. The molecule has 0 radical (unpaired) electrons. The molecule has 268 valence electrons. The standard InChI is InChI=1S/C33H66NO10P/c1-4-6-7-8-9-10-11-12-13-14-15-18-21-24-32(35)40-29-31(30-43-45(38,39)42-28-26-34(3)5-2)44-33(36)25-22-19-16-17-20-23-27-41-37/h31,37H,4-30H2,1-3H3,(H,38,39). The van der Waals surface area contributed by atoms with Crippen molar-refractivity contribution in [3.8, 4) is 0 Å². The normalized spacial score (nSPS) is 13.6. The van der Waals surface area contributed by atoms with Crippen molar-refractivity contribution in [3.05, 3.63) is 0 Å². The molecular weight excluding hydrogens is 601 g/mol. The maximum absolute atomic E-state index is 12.5. The van der Waals surface area contributed by atoms with Crippen LogP contribution in [0.4, 0.5) is 0 Å². The molecule has 0 aliphatic rings. The topological polar surface area (TPSA) is 141 Å². The summed E-state index contributed by atoms with van der Waals surface area (Å²) in [6, 6.07) is 0. The molecule has 0 amide bonds. The van der Waals surface area contributed by atoms with Crippen LogP contribution < -0.4 is 0 Å². The largest absolute Gasteiger partial charge is 0.472 e. The summed E-state index contributed by atoms with van der Waals surface area (Å²) in [7, 11) is -2.51. The summed E-state index contributed by atoms with van der Waals surface area (Å²) in [5.74, 6) is -0.875. The lowest BCUT2D eigenvalue weighted by Crippen LogP contribution is -2.29. The first kappa shape index (κ1) is 43.9. The summed E-state index contributed by atoms with van der Waals surface area (Å²) in [5, 5.41) is 8.35. The average Bonchev–Trinajstić information content (AvgIpc) is 3.01. The second kappa shape index (κ2) is 31.5. The van der Waals surface area contributed by atoms with E-state index in [0.29, 0.717) is 19.6 Å². The van der Waals surface area contributed by atoms with Crippen molar-refractivity contribution in [2.24, 2.45) is 0 Å². The molecule has 0 aliphatic carbocycles. The number of rotatable bonds is 34. The van der Waals surface area contributed by atoms with Gasteiger partial charge in [-0.3, -0.25) is 23.9 Å². The van der Waals surface area contributed by atoms with E-state index in [9.17, 15) is 19.0 Å². The van der Waals surface area contributed by atoms with Crippen LogP contribution in [0.3, 0.4) is 0 Å². The molecule has 0 saturated carbocycles. The molecule has 2 N–H and O–H groups in total. The molecule has 45 heavy (non-hydrogen) atoms. The SMILES string of the molecule is CCCCCCCCCCCCCCCC(=O)OCC(COP(=O)(O)OCCN(C)CC)OC(=O)CCCCCCCCOO. The Labute approximate surface area is 273 Å². The van der Waals surface area contributed by atoms with Gasteiger partial charge >= 0.3 is 19.8 Å². The van der Waals surface area contributed by atoms with Gasteiger partial charge in [-0.1, -0.05) is 117 Å². The molecule has 0 spiro atoms. The molecule has 11 nitrogen and oxygen atoms in total. The molecule has 0 rings (SSSR count). The molecule has 0 heterocycles. The second-order valence-electron chi connectivity index (χ2n) is 12.0. The zero-order valence-corrected chi connectivity index (χ0v) is 29.6. The summed E-state index contributed by atoms with van der Waals surface area (Å²) < 4.78 is 33.2. The van der Waals surface area contributed by atoms with Crippen molar-refractivity contribution < 1.29 is 47.7 Å². The van der Waals surface area contributed by atoms with E-state index in [1.807, 2.05) is 18.9 Å². The van der Waals surface area contributed by atoms with Crippen molar-refractivity contribution in [2.75, 3.05) is 46.6 Å². The van der Waals surface area contributed by atoms with Gasteiger partial charge in [0.2, 0.25) is 0 Å². The fraction of sp³-hybridized carbons (Fsp3) is 0.939. The summed E-state index contributed by atoms with van der Waals surface area (Å²) in [6.45, 7) is 5.06. The molecule has 0 aromatic heterocycles. The first-order valence-electron chi connectivity index (χ1n) is 17.7. The van der Waals surface area contributed by atoms with Crippen LogP contribution >= 0.6 is 7.82 Å². The van der Waals surface area contributed by atoms with Gasteiger partial charge in [-0.05, 0) is 32.9 Å². The Bertz CT molecular complexity index is 742.